The minimum atomic E-state index is -0.00166. The summed E-state index contributed by atoms with van der Waals surface area (Å²) in [7, 11) is 0. The number of carbonyl (C=O) groups is 1. The van der Waals surface area contributed by atoms with E-state index in [1.807, 2.05) is 0 Å². The van der Waals surface area contributed by atoms with Crippen LogP contribution in [0.3, 0.4) is 0 Å². The molecular weight excluding hydrogens is 392 g/mol. The lowest BCUT2D eigenvalue weighted by Crippen LogP contribution is -2.44. The SMILES string of the molecule is CC1CCC(C(C)(C)c2ccccc2)C(OC(=O)C2C3CCC=C3C3CC(C)(C)CC32)C1. The van der Waals surface area contributed by atoms with Gasteiger partial charge in [0.25, 0.3) is 0 Å². The summed E-state index contributed by atoms with van der Waals surface area (Å²) in [6, 6.07) is 10.9. The summed E-state index contributed by atoms with van der Waals surface area (Å²) < 4.78 is 6.58. The first kappa shape index (κ1) is 22.2. The van der Waals surface area contributed by atoms with Crippen LogP contribution in [0.15, 0.2) is 42.0 Å². The fourth-order valence-corrected chi connectivity index (χ4v) is 8.14. The van der Waals surface area contributed by atoms with E-state index in [0.717, 1.165) is 25.7 Å². The molecule has 3 fully saturated rings. The highest BCUT2D eigenvalue weighted by molar-refractivity contribution is 5.75. The van der Waals surface area contributed by atoms with Gasteiger partial charge in [-0.15, -0.1) is 0 Å². The summed E-state index contributed by atoms with van der Waals surface area (Å²) in [5.74, 6) is 2.79. The summed E-state index contributed by atoms with van der Waals surface area (Å²) in [4.78, 5) is 13.9. The molecule has 0 radical (unpaired) electrons. The topological polar surface area (TPSA) is 26.3 Å². The summed E-state index contributed by atoms with van der Waals surface area (Å²) >= 11 is 0. The standard InChI is InChI=1S/C30H42O2/c1-19-14-15-25(30(4,5)20-10-7-6-8-11-20)26(16-19)32-28(31)27-22-13-9-12-21(22)23-17-29(2,3)18-24(23)27/h6-8,10-12,19,22-27H,9,13-18H2,1-5H3. The highest BCUT2D eigenvalue weighted by atomic mass is 16.5. The zero-order chi connectivity index (χ0) is 22.7. The van der Waals surface area contributed by atoms with Crippen molar-refractivity contribution in [2.24, 2.45) is 40.9 Å². The second kappa shape index (κ2) is 8.03. The molecule has 0 bridgehead atoms. The number of carbonyl (C=O) groups excluding carboxylic acids is 1. The Kier molecular flexibility index (Phi) is 5.58. The number of benzene rings is 1. The molecule has 0 amide bonds. The molecule has 1 aromatic carbocycles. The van der Waals surface area contributed by atoms with Gasteiger partial charge >= 0.3 is 5.97 Å². The highest BCUT2D eigenvalue weighted by Gasteiger charge is 2.57. The number of hydrogen-bond acceptors (Lipinski definition) is 2. The summed E-state index contributed by atoms with van der Waals surface area (Å²) in [6.45, 7) is 11.8. The van der Waals surface area contributed by atoms with Crippen LogP contribution in [0.4, 0.5) is 0 Å². The van der Waals surface area contributed by atoms with Crippen LogP contribution >= 0.6 is 0 Å². The second-order valence-electron chi connectivity index (χ2n) is 12.8. The van der Waals surface area contributed by atoms with Gasteiger partial charge in [-0.05, 0) is 78.6 Å². The third-order valence-corrected chi connectivity index (χ3v) is 9.72. The molecule has 7 atom stereocenters. The fraction of sp³-hybridized carbons (Fsp3) is 0.700. The molecule has 0 heterocycles. The quantitative estimate of drug-likeness (QED) is 0.366. The molecule has 0 N–H and O–H groups in total. The lowest BCUT2D eigenvalue weighted by molar-refractivity contribution is -0.164. The summed E-state index contributed by atoms with van der Waals surface area (Å²) in [5, 5.41) is 0. The Bertz CT molecular complexity index is 879. The maximum atomic E-state index is 13.9. The molecule has 4 aliphatic rings. The molecule has 32 heavy (non-hydrogen) atoms. The molecule has 1 aromatic rings. The van der Waals surface area contributed by atoms with Crippen LogP contribution in [0.2, 0.25) is 0 Å². The van der Waals surface area contributed by atoms with Crippen LogP contribution in [-0.4, -0.2) is 12.1 Å². The fourth-order valence-electron chi connectivity index (χ4n) is 8.14. The van der Waals surface area contributed by atoms with Crippen LogP contribution < -0.4 is 0 Å². The van der Waals surface area contributed by atoms with E-state index < -0.39 is 0 Å². The van der Waals surface area contributed by atoms with Gasteiger partial charge in [0.15, 0.2) is 0 Å². The monoisotopic (exact) mass is 434 g/mol. The minimum Gasteiger partial charge on any atom is -0.462 e. The maximum Gasteiger partial charge on any atom is 0.310 e. The summed E-state index contributed by atoms with van der Waals surface area (Å²) in [6.07, 6.45) is 10.6. The average molecular weight is 435 g/mol. The zero-order valence-electron chi connectivity index (χ0n) is 20.8. The van der Waals surface area contributed by atoms with Crippen molar-refractivity contribution in [1.29, 1.82) is 0 Å². The third kappa shape index (κ3) is 3.76. The smallest absolute Gasteiger partial charge is 0.310 e. The Balaban J connectivity index is 1.39. The van der Waals surface area contributed by atoms with E-state index in [1.165, 1.54) is 24.8 Å². The summed E-state index contributed by atoms with van der Waals surface area (Å²) in [5.41, 5.74) is 3.32. The lowest BCUT2D eigenvalue weighted by atomic mass is 9.64. The largest absolute Gasteiger partial charge is 0.462 e. The number of allylic oxidation sites excluding steroid dienone is 2. The van der Waals surface area contributed by atoms with Gasteiger partial charge in [0.1, 0.15) is 6.10 Å². The van der Waals surface area contributed by atoms with Crippen molar-refractivity contribution in [2.75, 3.05) is 0 Å². The molecule has 3 saturated carbocycles. The molecule has 174 valence electrons. The van der Waals surface area contributed by atoms with Crippen molar-refractivity contribution >= 4 is 5.97 Å². The highest BCUT2D eigenvalue weighted by Crippen LogP contribution is 2.62. The van der Waals surface area contributed by atoms with Gasteiger partial charge in [-0.3, -0.25) is 4.79 Å². The predicted molar refractivity (Wildman–Crippen MR) is 130 cm³/mol. The molecule has 0 saturated heterocycles. The van der Waals surface area contributed by atoms with E-state index in [4.69, 9.17) is 4.74 Å². The van der Waals surface area contributed by atoms with Crippen molar-refractivity contribution in [3.63, 3.8) is 0 Å². The van der Waals surface area contributed by atoms with Gasteiger partial charge in [0, 0.05) is 5.92 Å². The first-order chi connectivity index (χ1) is 15.2. The Morgan fingerprint density at radius 3 is 2.53 bits per heavy atom. The number of ether oxygens (including phenoxy) is 1. The molecule has 2 heteroatoms. The third-order valence-electron chi connectivity index (χ3n) is 9.72. The molecule has 2 nitrogen and oxygen atoms in total. The number of fused-ring (bicyclic) bond motifs is 3. The molecule has 7 unspecified atom stereocenters. The van der Waals surface area contributed by atoms with E-state index in [2.05, 4.69) is 71.0 Å². The first-order valence-corrected chi connectivity index (χ1v) is 13.1. The van der Waals surface area contributed by atoms with Crippen molar-refractivity contribution < 1.29 is 9.53 Å². The van der Waals surface area contributed by atoms with Gasteiger partial charge in [-0.25, -0.2) is 0 Å². The Morgan fingerprint density at radius 1 is 1.03 bits per heavy atom. The van der Waals surface area contributed by atoms with Gasteiger partial charge in [-0.1, -0.05) is 83.0 Å². The normalized spacial score (nSPS) is 38.2. The molecular formula is C30H42O2. The van der Waals surface area contributed by atoms with Gasteiger partial charge in [0.2, 0.25) is 0 Å². The maximum absolute atomic E-state index is 13.9. The van der Waals surface area contributed by atoms with Crippen LogP contribution in [0.1, 0.15) is 85.1 Å². The van der Waals surface area contributed by atoms with Crippen molar-refractivity contribution in [1.82, 2.24) is 0 Å². The zero-order valence-corrected chi connectivity index (χ0v) is 20.8. The first-order valence-electron chi connectivity index (χ1n) is 13.1. The van der Waals surface area contributed by atoms with E-state index in [1.54, 1.807) is 5.57 Å². The van der Waals surface area contributed by atoms with E-state index in [9.17, 15) is 4.79 Å². The van der Waals surface area contributed by atoms with Crippen LogP contribution in [0.5, 0.6) is 0 Å². The van der Waals surface area contributed by atoms with Crippen molar-refractivity contribution in [3.05, 3.63) is 47.5 Å². The number of rotatable bonds is 4. The van der Waals surface area contributed by atoms with Gasteiger partial charge in [-0.2, -0.15) is 0 Å². The average Bonchev–Trinajstić information content (AvgIpc) is 3.38. The Morgan fingerprint density at radius 2 is 1.78 bits per heavy atom. The predicted octanol–water partition coefficient (Wildman–Crippen LogP) is 7.33. The van der Waals surface area contributed by atoms with Crippen molar-refractivity contribution in [3.8, 4) is 0 Å². The van der Waals surface area contributed by atoms with Gasteiger partial charge in [0.05, 0.1) is 5.92 Å². The van der Waals surface area contributed by atoms with E-state index in [0.29, 0.717) is 35.0 Å². The van der Waals surface area contributed by atoms with Crippen LogP contribution in [0, 0.1) is 40.9 Å². The van der Waals surface area contributed by atoms with Crippen LogP contribution in [-0.2, 0) is 14.9 Å². The van der Waals surface area contributed by atoms with Crippen molar-refractivity contribution in [2.45, 2.75) is 91.1 Å². The molecule has 0 spiro atoms. The molecule has 0 aromatic heterocycles. The second-order valence-corrected chi connectivity index (χ2v) is 12.8. The number of hydrogen-bond donors (Lipinski definition) is 0. The Hall–Kier alpha value is -1.57. The molecule has 4 aliphatic carbocycles. The Labute approximate surface area is 195 Å². The van der Waals surface area contributed by atoms with Crippen LogP contribution in [0.25, 0.3) is 0 Å². The van der Waals surface area contributed by atoms with Gasteiger partial charge < -0.3 is 4.74 Å². The minimum absolute atomic E-state index is 0.00166. The number of esters is 1. The van der Waals surface area contributed by atoms with E-state index in [-0.39, 0.29) is 23.4 Å². The lowest BCUT2D eigenvalue weighted by Gasteiger charge is -2.44. The molecule has 0 aliphatic heterocycles. The molecule has 5 rings (SSSR count). The van der Waals surface area contributed by atoms with E-state index >= 15 is 0 Å².